The smallest absolute Gasteiger partial charge is 0.246 e. The van der Waals surface area contributed by atoms with E-state index < -0.39 is 5.92 Å². The monoisotopic (exact) mass is 377 g/mol. The summed E-state index contributed by atoms with van der Waals surface area (Å²) in [7, 11) is 0. The number of carbonyl (C=O) groups is 3. The Morgan fingerprint density at radius 3 is 2.61 bits per heavy atom. The summed E-state index contributed by atoms with van der Waals surface area (Å²) in [5.41, 5.74) is 2.89. The minimum absolute atomic E-state index is 0.0524. The topological polar surface area (TPSA) is 69.7 Å². The maximum atomic E-state index is 12.7. The second-order valence-electron chi connectivity index (χ2n) is 7.24. The van der Waals surface area contributed by atoms with Gasteiger partial charge in [-0.1, -0.05) is 36.4 Å². The van der Waals surface area contributed by atoms with Crippen LogP contribution in [0.2, 0.25) is 0 Å². The molecule has 1 N–H and O–H groups in total. The van der Waals surface area contributed by atoms with Crippen molar-refractivity contribution < 1.29 is 14.4 Å². The summed E-state index contributed by atoms with van der Waals surface area (Å²) in [5.74, 6) is -0.869. The highest BCUT2D eigenvalue weighted by Gasteiger charge is 2.35. The molecule has 4 rings (SSSR count). The average Bonchev–Trinajstić information content (AvgIpc) is 3.13. The highest BCUT2D eigenvalue weighted by Crippen LogP contribution is 2.27. The number of para-hydroxylation sites is 2. The number of aryl methyl sites for hydroxylation is 1. The molecule has 144 valence electrons. The van der Waals surface area contributed by atoms with Crippen LogP contribution in [0.5, 0.6) is 0 Å². The van der Waals surface area contributed by atoms with Gasteiger partial charge in [-0.2, -0.15) is 0 Å². The molecule has 3 amide bonds. The lowest BCUT2D eigenvalue weighted by Crippen LogP contribution is -2.44. The van der Waals surface area contributed by atoms with Crippen LogP contribution in [0.15, 0.2) is 54.6 Å². The number of fused-ring (bicyclic) bond motifs is 1. The zero-order chi connectivity index (χ0) is 19.5. The molecule has 0 bridgehead atoms. The van der Waals surface area contributed by atoms with Gasteiger partial charge in [0.05, 0.1) is 12.5 Å². The van der Waals surface area contributed by atoms with Crippen molar-refractivity contribution in [3.8, 4) is 0 Å². The lowest BCUT2D eigenvalue weighted by molar-refractivity contribution is -0.128. The summed E-state index contributed by atoms with van der Waals surface area (Å²) < 4.78 is 0. The molecule has 0 aliphatic carbocycles. The Bertz CT molecular complexity index is 897. The Labute approximate surface area is 164 Å². The van der Waals surface area contributed by atoms with Crippen LogP contribution in [0.25, 0.3) is 0 Å². The molecule has 2 aromatic carbocycles. The number of benzene rings is 2. The van der Waals surface area contributed by atoms with Crippen LogP contribution in [-0.2, 0) is 20.8 Å². The van der Waals surface area contributed by atoms with Gasteiger partial charge in [0.1, 0.15) is 0 Å². The van der Waals surface area contributed by atoms with E-state index in [2.05, 4.69) is 5.32 Å². The Kier molecular flexibility index (Phi) is 5.10. The maximum absolute atomic E-state index is 12.7. The zero-order valence-electron chi connectivity index (χ0n) is 15.6. The van der Waals surface area contributed by atoms with E-state index in [1.807, 2.05) is 54.6 Å². The van der Waals surface area contributed by atoms with Gasteiger partial charge < -0.3 is 15.1 Å². The Morgan fingerprint density at radius 1 is 1.04 bits per heavy atom. The Morgan fingerprint density at radius 2 is 1.79 bits per heavy atom. The fourth-order valence-electron chi connectivity index (χ4n) is 3.94. The second kappa shape index (κ2) is 7.84. The quantitative estimate of drug-likeness (QED) is 0.888. The molecule has 1 fully saturated rings. The molecule has 6 nitrogen and oxygen atoms in total. The molecule has 6 heteroatoms. The third kappa shape index (κ3) is 3.63. The average molecular weight is 377 g/mol. The highest BCUT2D eigenvalue weighted by atomic mass is 16.2. The molecule has 2 heterocycles. The van der Waals surface area contributed by atoms with E-state index in [1.165, 1.54) is 0 Å². The van der Waals surface area contributed by atoms with Crippen molar-refractivity contribution in [1.82, 2.24) is 5.32 Å². The lowest BCUT2D eigenvalue weighted by Gasteiger charge is -2.29. The van der Waals surface area contributed by atoms with E-state index >= 15 is 0 Å². The molecule has 0 radical (unpaired) electrons. The normalized spacial score (nSPS) is 18.7. The van der Waals surface area contributed by atoms with Crippen molar-refractivity contribution in [2.75, 3.05) is 29.4 Å². The number of nitrogens with one attached hydrogen (secondary N) is 1. The first kappa shape index (κ1) is 18.2. The Balaban J connectivity index is 1.35. The van der Waals surface area contributed by atoms with Gasteiger partial charge in [0.2, 0.25) is 17.7 Å². The summed E-state index contributed by atoms with van der Waals surface area (Å²) >= 11 is 0. The fourth-order valence-corrected chi connectivity index (χ4v) is 3.94. The van der Waals surface area contributed by atoms with Gasteiger partial charge in [-0.3, -0.25) is 14.4 Å². The number of hydrogen-bond donors (Lipinski definition) is 1. The minimum atomic E-state index is -0.436. The van der Waals surface area contributed by atoms with E-state index in [4.69, 9.17) is 0 Å². The first-order valence-electron chi connectivity index (χ1n) is 9.65. The van der Waals surface area contributed by atoms with Crippen molar-refractivity contribution in [1.29, 1.82) is 0 Å². The van der Waals surface area contributed by atoms with Gasteiger partial charge in [0.25, 0.3) is 0 Å². The summed E-state index contributed by atoms with van der Waals surface area (Å²) in [6.07, 6.45) is 2.05. The molecule has 2 aliphatic heterocycles. The zero-order valence-corrected chi connectivity index (χ0v) is 15.6. The van der Waals surface area contributed by atoms with Crippen molar-refractivity contribution >= 4 is 29.1 Å². The summed E-state index contributed by atoms with van der Waals surface area (Å²) in [5, 5.41) is 2.74. The molecule has 0 saturated carbocycles. The van der Waals surface area contributed by atoms with Crippen LogP contribution in [0.1, 0.15) is 18.4 Å². The third-order valence-corrected chi connectivity index (χ3v) is 5.39. The summed E-state index contributed by atoms with van der Waals surface area (Å²) in [6.45, 7) is 0.952. The molecule has 1 atom stereocenters. The highest BCUT2D eigenvalue weighted by molar-refractivity contribution is 6.02. The van der Waals surface area contributed by atoms with Gasteiger partial charge in [0, 0.05) is 30.9 Å². The largest absolute Gasteiger partial charge is 0.347 e. The van der Waals surface area contributed by atoms with Crippen molar-refractivity contribution in [2.24, 2.45) is 5.92 Å². The van der Waals surface area contributed by atoms with Crippen molar-refractivity contribution in [2.45, 2.75) is 19.3 Å². The molecule has 28 heavy (non-hydrogen) atoms. The number of rotatable bonds is 4. The predicted molar refractivity (Wildman–Crippen MR) is 107 cm³/mol. The van der Waals surface area contributed by atoms with Crippen LogP contribution < -0.4 is 15.1 Å². The Hall–Kier alpha value is -3.15. The molecule has 1 unspecified atom stereocenters. The summed E-state index contributed by atoms with van der Waals surface area (Å²) in [4.78, 5) is 40.9. The SMILES string of the molecule is O=C(NCC(=O)N1CCCc2ccccc21)C1CC(=O)N(c2ccccc2)C1. The second-order valence-corrected chi connectivity index (χ2v) is 7.24. The van der Waals surface area contributed by atoms with E-state index in [0.717, 1.165) is 29.8 Å². The number of amides is 3. The molecule has 0 spiro atoms. The number of nitrogens with zero attached hydrogens (tertiary/aromatic N) is 2. The van der Waals surface area contributed by atoms with E-state index in [9.17, 15) is 14.4 Å². The van der Waals surface area contributed by atoms with Crippen LogP contribution in [0, 0.1) is 5.92 Å². The van der Waals surface area contributed by atoms with Gasteiger partial charge in [-0.05, 0) is 36.6 Å². The molecule has 0 aromatic heterocycles. The molecular formula is C22H23N3O3. The predicted octanol–water partition coefficient (Wildman–Crippen LogP) is 2.14. The molecule has 2 aromatic rings. The maximum Gasteiger partial charge on any atom is 0.246 e. The molecule has 1 saturated heterocycles. The van der Waals surface area contributed by atoms with E-state index in [0.29, 0.717) is 13.1 Å². The molecule has 2 aliphatic rings. The number of anilines is 2. The van der Waals surface area contributed by atoms with Gasteiger partial charge >= 0.3 is 0 Å². The van der Waals surface area contributed by atoms with Crippen LogP contribution in [-0.4, -0.2) is 37.4 Å². The lowest BCUT2D eigenvalue weighted by atomic mass is 10.0. The fraction of sp³-hybridized carbons (Fsp3) is 0.318. The van der Waals surface area contributed by atoms with Crippen molar-refractivity contribution in [3.05, 3.63) is 60.2 Å². The van der Waals surface area contributed by atoms with Crippen molar-refractivity contribution in [3.63, 3.8) is 0 Å². The van der Waals surface area contributed by atoms with E-state index in [-0.39, 0.29) is 30.7 Å². The van der Waals surface area contributed by atoms with Crippen LogP contribution >= 0.6 is 0 Å². The van der Waals surface area contributed by atoms with Crippen LogP contribution in [0.3, 0.4) is 0 Å². The first-order valence-corrected chi connectivity index (χ1v) is 9.65. The standard InChI is InChI=1S/C22H23N3O3/c26-20-13-17(15-25(20)18-9-2-1-3-10-18)22(28)23-14-21(27)24-12-6-8-16-7-4-5-11-19(16)24/h1-5,7,9-11,17H,6,8,12-15H2,(H,23,28). The first-order chi connectivity index (χ1) is 13.6. The number of hydrogen-bond acceptors (Lipinski definition) is 3. The van der Waals surface area contributed by atoms with Crippen LogP contribution in [0.4, 0.5) is 11.4 Å². The van der Waals surface area contributed by atoms with Gasteiger partial charge in [0.15, 0.2) is 0 Å². The molecular weight excluding hydrogens is 354 g/mol. The minimum Gasteiger partial charge on any atom is -0.347 e. The third-order valence-electron chi connectivity index (χ3n) is 5.39. The van der Waals surface area contributed by atoms with Gasteiger partial charge in [-0.15, -0.1) is 0 Å². The van der Waals surface area contributed by atoms with E-state index in [1.54, 1.807) is 9.80 Å². The van der Waals surface area contributed by atoms with Gasteiger partial charge in [-0.25, -0.2) is 0 Å². The summed E-state index contributed by atoms with van der Waals surface area (Å²) in [6, 6.07) is 17.2. The number of carbonyl (C=O) groups excluding carboxylic acids is 3.